The lowest BCUT2D eigenvalue weighted by Gasteiger charge is -2.52. The molecule has 4 rings (SSSR count). The van der Waals surface area contributed by atoms with Crippen LogP contribution in [0.4, 0.5) is 4.39 Å². The second-order valence-corrected chi connectivity index (χ2v) is 7.41. The molecule has 0 spiro atoms. The average molecular weight is 400 g/mol. The van der Waals surface area contributed by atoms with Gasteiger partial charge in [0.05, 0.1) is 25.1 Å². The van der Waals surface area contributed by atoms with E-state index in [-0.39, 0.29) is 30.7 Å². The number of rotatable bonds is 5. The summed E-state index contributed by atoms with van der Waals surface area (Å²) in [4.78, 5) is 14.4. The van der Waals surface area contributed by atoms with E-state index in [1.807, 2.05) is 54.6 Å². The van der Waals surface area contributed by atoms with Crippen molar-refractivity contribution in [3.05, 3.63) is 95.8 Å². The Morgan fingerprint density at radius 2 is 1.67 bits per heavy atom. The molecule has 30 heavy (non-hydrogen) atoms. The zero-order valence-corrected chi connectivity index (χ0v) is 16.3. The van der Waals surface area contributed by atoms with Crippen molar-refractivity contribution in [2.24, 2.45) is 0 Å². The summed E-state index contributed by atoms with van der Waals surface area (Å²) in [7, 11) is 0. The summed E-state index contributed by atoms with van der Waals surface area (Å²) in [6, 6.07) is 24.2. The third kappa shape index (κ3) is 3.58. The molecule has 150 valence electrons. The van der Waals surface area contributed by atoms with Gasteiger partial charge in [0.1, 0.15) is 11.9 Å². The van der Waals surface area contributed by atoms with Gasteiger partial charge in [-0.25, -0.2) is 4.39 Å². The van der Waals surface area contributed by atoms with Gasteiger partial charge < -0.3 is 10.0 Å². The zero-order chi connectivity index (χ0) is 21.1. The smallest absolute Gasteiger partial charge is 0.228 e. The van der Waals surface area contributed by atoms with Crippen molar-refractivity contribution in [1.82, 2.24) is 4.90 Å². The van der Waals surface area contributed by atoms with Gasteiger partial charge in [-0.05, 0) is 34.4 Å². The molecule has 0 saturated carbocycles. The largest absolute Gasteiger partial charge is 0.394 e. The standard InChI is InChI=1S/C25H21FN2O2/c26-19-12-10-18(11-13-19)20-8-4-5-9-21(20)25-22(15-27)28(23(25)16-29)24(30)14-17-6-2-1-3-7-17/h1-13,22-23,25,29H,14,16H2/t22-,23-,25+/m1/s1. The summed E-state index contributed by atoms with van der Waals surface area (Å²) in [6.45, 7) is -0.235. The quantitative estimate of drug-likeness (QED) is 0.706. The molecule has 0 unspecified atom stereocenters. The van der Waals surface area contributed by atoms with Gasteiger partial charge in [0.25, 0.3) is 0 Å². The van der Waals surface area contributed by atoms with Crippen LogP contribution in [0.2, 0.25) is 0 Å². The van der Waals surface area contributed by atoms with Crippen LogP contribution >= 0.6 is 0 Å². The Balaban J connectivity index is 1.65. The lowest BCUT2D eigenvalue weighted by atomic mass is 9.73. The maximum absolute atomic E-state index is 13.4. The molecule has 3 aromatic rings. The average Bonchev–Trinajstić information content (AvgIpc) is 2.75. The number of likely N-dealkylation sites (tertiary alicyclic amines) is 1. The number of carbonyl (C=O) groups excluding carboxylic acids is 1. The van der Waals surface area contributed by atoms with Crippen LogP contribution in [0.3, 0.4) is 0 Å². The molecule has 3 atom stereocenters. The van der Waals surface area contributed by atoms with Crippen LogP contribution in [0, 0.1) is 17.1 Å². The highest BCUT2D eigenvalue weighted by molar-refractivity contribution is 5.82. The number of amides is 1. The number of hydrogen-bond donors (Lipinski definition) is 1. The van der Waals surface area contributed by atoms with Crippen molar-refractivity contribution in [3.63, 3.8) is 0 Å². The molecule has 0 radical (unpaired) electrons. The Morgan fingerprint density at radius 1 is 1.00 bits per heavy atom. The van der Waals surface area contributed by atoms with Crippen LogP contribution in [-0.4, -0.2) is 34.6 Å². The lowest BCUT2D eigenvalue weighted by molar-refractivity contribution is -0.146. The van der Waals surface area contributed by atoms with Crippen LogP contribution < -0.4 is 0 Å². The monoisotopic (exact) mass is 400 g/mol. The Labute approximate surface area is 174 Å². The van der Waals surface area contributed by atoms with Gasteiger partial charge in [0.2, 0.25) is 5.91 Å². The van der Waals surface area contributed by atoms with Crippen molar-refractivity contribution < 1.29 is 14.3 Å². The van der Waals surface area contributed by atoms with Crippen molar-refractivity contribution in [3.8, 4) is 17.2 Å². The van der Waals surface area contributed by atoms with E-state index in [0.717, 1.165) is 22.3 Å². The van der Waals surface area contributed by atoms with Gasteiger partial charge >= 0.3 is 0 Å². The predicted molar refractivity (Wildman–Crippen MR) is 112 cm³/mol. The molecule has 4 nitrogen and oxygen atoms in total. The number of benzene rings is 3. The zero-order valence-electron chi connectivity index (χ0n) is 16.3. The summed E-state index contributed by atoms with van der Waals surface area (Å²) in [6.07, 6.45) is 0.182. The minimum atomic E-state index is -0.667. The molecule has 3 aromatic carbocycles. The summed E-state index contributed by atoms with van der Waals surface area (Å²) >= 11 is 0. The van der Waals surface area contributed by atoms with E-state index in [2.05, 4.69) is 6.07 Å². The second kappa shape index (κ2) is 8.48. The second-order valence-electron chi connectivity index (χ2n) is 7.41. The van der Waals surface area contributed by atoms with Gasteiger partial charge in [-0.15, -0.1) is 0 Å². The molecule has 1 amide bonds. The molecule has 0 bridgehead atoms. The van der Waals surface area contributed by atoms with Crippen molar-refractivity contribution in [2.75, 3.05) is 6.61 Å². The molecule has 1 heterocycles. The fourth-order valence-electron chi connectivity index (χ4n) is 4.26. The highest BCUT2D eigenvalue weighted by Gasteiger charge is 2.51. The Bertz CT molecular complexity index is 1080. The van der Waals surface area contributed by atoms with Crippen LogP contribution in [0.5, 0.6) is 0 Å². The topological polar surface area (TPSA) is 64.3 Å². The lowest BCUT2D eigenvalue weighted by Crippen LogP contribution is -2.65. The third-order valence-electron chi connectivity index (χ3n) is 5.69. The highest BCUT2D eigenvalue weighted by atomic mass is 19.1. The minimum absolute atomic E-state index is 0.178. The number of nitriles is 1. The van der Waals surface area contributed by atoms with Crippen LogP contribution in [0.1, 0.15) is 17.0 Å². The molecule has 0 aromatic heterocycles. The first kappa shape index (κ1) is 19.8. The van der Waals surface area contributed by atoms with E-state index in [0.29, 0.717) is 0 Å². The summed E-state index contributed by atoms with van der Waals surface area (Å²) in [5, 5.41) is 19.9. The third-order valence-corrected chi connectivity index (χ3v) is 5.69. The Kier molecular flexibility index (Phi) is 5.60. The first-order valence-electron chi connectivity index (χ1n) is 9.84. The number of aliphatic hydroxyl groups is 1. The van der Waals surface area contributed by atoms with Crippen LogP contribution in [0.15, 0.2) is 78.9 Å². The first-order chi connectivity index (χ1) is 14.6. The van der Waals surface area contributed by atoms with E-state index in [1.54, 1.807) is 12.1 Å². The molecular weight excluding hydrogens is 379 g/mol. The normalized spacial score (nSPS) is 20.3. The number of carbonyl (C=O) groups is 1. The number of nitrogens with zero attached hydrogens (tertiary/aromatic N) is 2. The summed E-state index contributed by atoms with van der Waals surface area (Å²) in [5.74, 6) is -0.816. The number of aliphatic hydroxyl groups excluding tert-OH is 1. The fourth-order valence-corrected chi connectivity index (χ4v) is 4.26. The Morgan fingerprint density at radius 3 is 2.33 bits per heavy atom. The van der Waals surface area contributed by atoms with E-state index < -0.39 is 12.1 Å². The van der Waals surface area contributed by atoms with Gasteiger partial charge in [-0.1, -0.05) is 66.7 Å². The summed E-state index contributed by atoms with van der Waals surface area (Å²) < 4.78 is 13.4. The van der Waals surface area contributed by atoms with Crippen LogP contribution in [0.25, 0.3) is 11.1 Å². The SMILES string of the molecule is N#C[C@@H]1[C@H](c2ccccc2-c2ccc(F)cc2)[C@@H](CO)N1C(=O)Cc1ccccc1. The van der Waals surface area contributed by atoms with Crippen molar-refractivity contribution in [2.45, 2.75) is 24.4 Å². The number of halogens is 1. The predicted octanol–water partition coefficient (Wildman–Crippen LogP) is 3.91. The molecular formula is C25H21FN2O2. The van der Waals surface area contributed by atoms with Crippen molar-refractivity contribution in [1.29, 1.82) is 5.26 Å². The minimum Gasteiger partial charge on any atom is -0.394 e. The maximum atomic E-state index is 13.4. The molecule has 1 fully saturated rings. The molecule has 1 N–H and O–H groups in total. The maximum Gasteiger partial charge on any atom is 0.228 e. The van der Waals surface area contributed by atoms with Gasteiger partial charge in [-0.3, -0.25) is 4.79 Å². The highest BCUT2D eigenvalue weighted by Crippen LogP contribution is 2.44. The fraction of sp³-hybridized carbons (Fsp3) is 0.200. The van der Waals surface area contributed by atoms with Gasteiger partial charge in [0, 0.05) is 5.92 Å². The van der Waals surface area contributed by atoms with E-state index in [4.69, 9.17) is 0 Å². The molecule has 0 aliphatic carbocycles. The Hall–Kier alpha value is -3.49. The molecule has 1 aliphatic heterocycles. The van der Waals surface area contributed by atoms with Gasteiger partial charge in [-0.2, -0.15) is 5.26 Å². The van der Waals surface area contributed by atoms with Gasteiger partial charge in [0.15, 0.2) is 0 Å². The molecule has 5 heteroatoms. The number of hydrogen-bond acceptors (Lipinski definition) is 3. The molecule has 1 aliphatic rings. The molecule has 1 saturated heterocycles. The van der Waals surface area contributed by atoms with E-state index >= 15 is 0 Å². The van der Waals surface area contributed by atoms with E-state index in [9.17, 15) is 19.6 Å². The van der Waals surface area contributed by atoms with Crippen molar-refractivity contribution >= 4 is 5.91 Å². The van der Waals surface area contributed by atoms with E-state index in [1.165, 1.54) is 17.0 Å². The van der Waals surface area contributed by atoms with Crippen LogP contribution in [-0.2, 0) is 11.2 Å². The first-order valence-corrected chi connectivity index (χ1v) is 9.84. The summed E-state index contributed by atoms with van der Waals surface area (Å²) in [5.41, 5.74) is 3.44.